The van der Waals surface area contributed by atoms with Crippen molar-refractivity contribution in [1.82, 2.24) is 9.59 Å². The highest BCUT2D eigenvalue weighted by molar-refractivity contribution is 7.07. The topological polar surface area (TPSA) is 52.1 Å². The molecule has 4 nitrogen and oxygen atoms in total. The standard InChI is InChI=1S/C6H7N2O2S/c1-3-10-6(9)5-4(2)7-8-11-5/h2-3H2,1H3. The average molecular weight is 171 g/mol. The minimum Gasteiger partial charge on any atom is -0.462 e. The van der Waals surface area contributed by atoms with E-state index in [1.54, 1.807) is 6.92 Å². The quantitative estimate of drug-likeness (QED) is 0.620. The Morgan fingerprint density at radius 3 is 3.00 bits per heavy atom. The molecule has 0 aromatic carbocycles. The minimum atomic E-state index is -0.396. The zero-order valence-corrected chi connectivity index (χ0v) is 6.85. The maximum absolute atomic E-state index is 11.0. The third kappa shape index (κ3) is 1.74. The van der Waals surface area contributed by atoms with Gasteiger partial charge >= 0.3 is 5.97 Å². The lowest BCUT2D eigenvalue weighted by atomic mass is 10.4. The molecule has 1 rings (SSSR count). The van der Waals surface area contributed by atoms with E-state index in [9.17, 15) is 4.79 Å². The molecule has 0 N–H and O–H groups in total. The second-order valence-corrected chi connectivity index (χ2v) is 2.52. The van der Waals surface area contributed by atoms with E-state index < -0.39 is 5.97 Å². The fraction of sp³-hybridized carbons (Fsp3) is 0.333. The number of aromatic nitrogens is 2. The molecular formula is C6H7N2O2S. The van der Waals surface area contributed by atoms with Gasteiger partial charge in [0.25, 0.3) is 0 Å². The largest absolute Gasteiger partial charge is 0.462 e. The van der Waals surface area contributed by atoms with Crippen LogP contribution in [0, 0.1) is 6.92 Å². The second kappa shape index (κ2) is 3.43. The summed E-state index contributed by atoms with van der Waals surface area (Å²) in [5, 5.41) is 3.58. The molecule has 0 aliphatic heterocycles. The molecule has 1 radical (unpaired) electrons. The predicted octanol–water partition coefficient (Wildman–Crippen LogP) is 0.897. The number of hydrogen-bond donors (Lipinski definition) is 0. The molecular weight excluding hydrogens is 164 g/mol. The average Bonchev–Trinajstić information content (AvgIpc) is 2.36. The van der Waals surface area contributed by atoms with Gasteiger partial charge in [-0.25, -0.2) is 4.79 Å². The molecule has 0 aliphatic carbocycles. The summed E-state index contributed by atoms with van der Waals surface area (Å²) in [5.41, 5.74) is 0.383. The fourth-order valence-electron chi connectivity index (χ4n) is 0.560. The highest BCUT2D eigenvalue weighted by Gasteiger charge is 2.13. The first-order valence-corrected chi connectivity index (χ1v) is 3.84. The third-order valence-corrected chi connectivity index (χ3v) is 1.76. The Kier molecular flexibility index (Phi) is 2.53. The lowest BCUT2D eigenvalue weighted by molar-refractivity contribution is 0.0531. The lowest BCUT2D eigenvalue weighted by Crippen LogP contribution is -2.03. The Hall–Kier alpha value is -0.970. The summed E-state index contributed by atoms with van der Waals surface area (Å²) in [6, 6.07) is 0. The smallest absolute Gasteiger partial charge is 0.351 e. The zero-order valence-electron chi connectivity index (χ0n) is 6.03. The number of rotatable bonds is 2. The Bertz CT molecular complexity index is 259. The summed E-state index contributed by atoms with van der Waals surface area (Å²) in [5.74, 6) is -0.396. The van der Waals surface area contributed by atoms with E-state index in [0.29, 0.717) is 17.2 Å². The number of esters is 1. The van der Waals surface area contributed by atoms with Crippen molar-refractivity contribution in [2.45, 2.75) is 6.92 Å². The van der Waals surface area contributed by atoms with Crippen LogP contribution >= 0.6 is 11.5 Å². The molecule has 1 aromatic rings. The number of ether oxygens (including phenoxy) is 1. The van der Waals surface area contributed by atoms with Gasteiger partial charge in [-0.05, 0) is 25.4 Å². The summed E-state index contributed by atoms with van der Waals surface area (Å²) >= 11 is 0.999. The van der Waals surface area contributed by atoms with Crippen LogP contribution in [0.2, 0.25) is 0 Å². The SMILES string of the molecule is [CH2]c1nnsc1C(=O)OCC. The number of nitrogens with zero attached hydrogens (tertiary/aromatic N) is 2. The summed E-state index contributed by atoms with van der Waals surface area (Å²) < 4.78 is 8.27. The minimum absolute atomic E-state index is 0.357. The molecule has 0 spiro atoms. The van der Waals surface area contributed by atoms with Crippen molar-refractivity contribution in [3.8, 4) is 0 Å². The first-order valence-electron chi connectivity index (χ1n) is 3.07. The third-order valence-electron chi connectivity index (χ3n) is 1.02. The summed E-state index contributed by atoms with van der Waals surface area (Å²) in [6.07, 6.45) is 0. The van der Waals surface area contributed by atoms with Gasteiger partial charge in [-0.1, -0.05) is 4.49 Å². The summed E-state index contributed by atoms with van der Waals surface area (Å²) in [6.45, 7) is 5.62. The monoisotopic (exact) mass is 171 g/mol. The zero-order chi connectivity index (χ0) is 8.27. The Balaban J connectivity index is 2.76. The molecule has 0 atom stereocenters. The summed E-state index contributed by atoms with van der Waals surface area (Å²) in [7, 11) is 0. The van der Waals surface area contributed by atoms with Crippen molar-refractivity contribution in [1.29, 1.82) is 0 Å². The van der Waals surface area contributed by atoms with E-state index in [1.165, 1.54) is 0 Å². The van der Waals surface area contributed by atoms with Gasteiger partial charge in [0, 0.05) is 0 Å². The second-order valence-electron chi connectivity index (χ2n) is 1.77. The molecule has 0 amide bonds. The highest BCUT2D eigenvalue weighted by atomic mass is 32.1. The first-order chi connectivity index (χ1) is 5.25. The molecule has 0 aliphatic rings. The maximum atomic E-state index is 11.0. The molecule has 1 heterocycles. The van der Waals surface area contributed by atoms with Crippen molar-refractivity contribution in [3.05, 3.63) is 17.5 Å². The van der Waals surface area contributed by atoms with Crippen molar-refractivity contribution in [2.75, 3.05) is 6.61 Å². The van der Waals surface area contributed by atoms with Gasteiger partial charge in [0.05, 0.1) is 12.3 Å². The molecule has 0 saturated carbocycles. The lowest BCUT2D eigenvalue weighted by Gasteiger charge is -1.96. The van der Waals surface area contributed by atoms with Gasteiger partial charge in [-0.15, -0.1) is 5.10 Å². The van der Waals surface area contributed by atoms with Crippen molar-refractivity contribution in [3.63, 3.8) is 0 Å². The van der Waals surface area contributed by atoms with E-state index in [0.717, 1.165) is 11.5 Å². The number of carbonyl (C=O) groups is 1. The van der Waals surface area contributed by atoms with Crippen molar-refractivity contribution < 1.29 is 9.53 Å². The van der Waals surface area contributed by atoms with Gasteiger partial charge in [-0.3, -0.25) is 0 Å². The molecule has 0 bridgehead atoms. The van der Waals surface area contributed by atoms with Crippen LogP contribution in [0.15, 0.2) is 0 Å². The Labute approximate surface area is 68.4 Å². The van der Waals surface area contributed by atoms with Crippen LogP contribution in [0.3, 0.4) is 0 Å². The van der Waals surface area contributed by atoms with E-state index in [-0.39, 0.29) is 0 Å². The van der Waals surface area contributed by atoms with Crippen molar-refractivity contribution in [2.24, 2.45) is 0 Å². The van der Waals surface area contributed by atoms with Gasteiger partial charge in [0.1, 0.15) is 0 Å². The fourth-order valence-corrected chi connectivity index (χ4v) is 1.06. The van der Waals surface area contributed by atoms with Crippen LogP contribution in [0.1, 0.15) is 22.3 Å². The van der Waals surface area contributed by atoms with E-state index >= 15 is 0 Å². The molecule has 0 saturated heterocycles. The van der Waals surface area contributed by atoms with E-state index in [2.05, 4.69) is 16.5 Å². The van der Waals surface area contributed by atoms with E-state index in [1.807, 2.05) is 0 Å². The first kappa shape index (κ1) is 8.13. The van der Waals surface area contributed by atoms with Gasteiger partial charge in [-0.2, -0.15) is 0 Å². The molecule has 1 aromatic heterocycles. The van der Waals surface area contributed by atoms with Gasteiger partial charge < -0.3 is 4.74 Å². The van der Waals surface area contributed by atoms with E-state index in [4.69, 9.17) is 4.74 Å². The van der Waals surface area contributed by atoms with Gasteiger partial charge in [0.15, 0.2) is 4.88 Å². The molecule has 5 heteroatoms. The number of hydrogen-bond acceptors (Lipinski definition) is 5. The normalized spacial score (nSPS) is 9.64. The van der Waals surface area contributed by atoms with Crippen LogP contribution < -0.4 is 0 Å². The Morgan fingerprint density at radius 2 is 2.55 bits per heavy atom. The molecule has 59 valence electrons. The Morgan fingerprint density at radius 1 is 1.82 bits per heavy atom. The van der Waals surface area contributed by atoms with Crippen LogP contribution in [0.5, 0.6) is 0 Å². The summed E-state index contributed by atoms with van der Waals surface area (Å²) in [4.78, 5) is 11.4. The highest BCUT2D eigenvalue weighted by Crippen LogP contribution is 2.09. The van der Waals surface area contributed by atoms with Crippen molar-refractivity contribution >= 4 is 17.5 Å². The predicted molar refractivity (Wildman–Crippen MR) is 40.3 cm³/mol. The molecule has 0 unspecified atom stereocenters. The van der Waals surface area contributed by atoms with Crippen LogP contribution in [0.25, 0.3) is 0 Å². The number of carbonyl (C=O) groups excluding carboxylic acids is 1. The molecule has 11 heavy (non-hydrogen) atoms. The van der Waals surface area contributed by atoms with Crippen LogP contribution in [-0.4, -0.2) is 22.2 Å². The maximum Gasteiger partial charge on any atom is 0.351 e. The van der Waals surface area contributed by atoms with Crippen LogP contribution in [0.4, 0.5) is 0 Å². The molecule has 0 fully saturated rings. The van der Waals surface area contributed by atoms with Gasteiger partial charge in [0.2, 0.25) is 0 Å². The van der Waals surface area contributed by atoms with Crippen LogP contribution in [-0.2, 0) is 4.74 Å².